The van der Waals surface area contributed by atoms with Crippen molar-refractivity contribution in [3.8, 4) is 5.75 Å². The van der Waals surface area contributed by atoms with Crippen LogP contribution in [0.5, 0.6) is 5.75 Å². The van der Waals surface area contributed by atoms with Crippen LogP contribution in [0.1, 0.15) is 19.4 Å². The first kappa shape index (κ1) is 24.2. The summed E-state index contributed by atoms with van der Waals surface area (Å²) in [6.45, 7) is 3.58. The van der Waals surface area contributed by atoms with Crippen molar-refractivity contribution in [3.63, 3.8) is 0 Å². The van der Waals surface area contributed by atoms with E-state index in [1.807, 2.05) is 30.3 Å². The Hall–Kier alpha value is -3.07. The molecule has 0 bridgehead atoms. The van der Waals surface area contributed by atoms with Gasteiger partial charge >= 0.3 is 0 Å². The summed E-state index contributed by atoms with van der Waals surface area (Å²) in [5, 5.41) is 2.72. The Morgan fingerprint density at radius 2 is 1.77 bits per heavy atom. The first-order chi connectivity index (χ1) is 14.7. The average Bonchev–Trinajstić information content (AvgIpc) is 2.75. The molecule has 0 radical (unpaired) electrons. The minimum atomic E-state index is -3.77. The average molecular weight is 448 g/mol. The molecule has 0 saturated carbocycles. The van der Waals surface area contributed by atoms with Gasteiger partial charge in [-0.05, 0) is 31.5 Å². The topological polar surface area (TPSA) is 96.0 Å². The summed E-state index contributed by atoms with van der Waals surface area (Å²) in [5.41, 5.74) is 1.14. The lowest BCUT2D eigenvalue weighted by molar-refractivity contribution is -0.139. The molecule has 0 spiro atoms. The number of sulfonamides is 1. The second kappa shape index (κ2) is 10.8. The number of hydrogen-bond donors (Lipinski definition) is 1. The Morgan fingerprint density at radius 3 is 2.35 bits per heavy atom. The van der Waals surface area contributed by atoms with Gasteiger partial charge in [-0.25, -0.2) is 8.42 Å². The molecule has 0 aromatic heterocycles. The molecule has 168 valence electrons. The molecule has 0 fully saturated rings. The van der Waals surface area contributed by atoms with E-state index in [4.69, 9.17) is 4.74 Å². The van der Waals surface area contributed by atoms with Gasteiger partial charge in [0.2, 0.25) is 21.8 Å². The van der Waals surface area contributed by atoms with Gasteiger partial charge in [0.1, 0.15) is 18.3 Å². The highest BCUT2D eigenvalue weighted by molar-refractivity contribution is 7.92. The lowest BCUT2D eigenvalue weighted by Crippen LogP contribution is -2.51. The van der Waals surface area contributed by atoms with Crippen LogP contribution in [0.4, 0.5) is 5.69 Å². The van der Waals surface area contributed by atoms with Gasteiger partial charge in [-0.1, -0.05) is 36.4 Å². The van der Waals surface area contributed by atoms with Crippen molar-refractivity contribution < 1.29 is 22.7 Å². The highest BCUT2D eigenvalue weighted by Crippen LogP contribution is 2.23. The lowest BCUT2D eigenvalue weighted by atomic mass is 10.1. The van der Waals surface area contributed by atoms with Crippen molar-refractivity contribution in [2.75, 3.05) is 30.8 Å². The maximum Gasteiger partial charge on any atom is 0.244 e. The zero-order valence-corrected chi connectivity index (χ0v) is 19.1. The Morgan fingerprint density at radius 1 is 1.10 bits per heavy atom. The second-order valence-corrected chi connectivity index (χ2v) is 8.96. The van der Waals surface area contributed by atoms with Gasteiger partial charge in [0.15, 0.2) is 0 Å². The van der Waals surface area contributed by atoms with Gasteiger partial charge in [-0.2, -0.15) is 0 Å². The standard InChI is InChI=1S/C22H29N3O5S/c1-5-23-22(27)17(2)24(15-18-10-7-6-8-11-18)21(26)16-25(31(4,28)29)19-12-9-13-20(14-19)30-3/h6-14,17H,5,15-16H2,1-4H3,(H,23,27)/t17-/m0/s1. The van der Waals surface area contributed by atoms with Crippen molar-refractivity contribution in [1.29, 1.82) is 0 Å². The van der Waals surface area contributed by atoms with Crippen LogP contribution in [0.3, 0.4) is 0 Å². The molecule has 2 amide bonds. The van der Waals surface area contributed by atoms with Crippen LogP contribution in [-0.2, 0) is 26.2 Å². The maximum absolute atomic E-state index is 13.3. The minimum absolute atomic E-state index is 0.174. The SMILES string of the molecule is CCNC(=O)[C@H](C)N(Cc1ccccc1)C(=O)CN(c1cccc(OC)c1)S(C)(=O)=O. The first-order valence-corrected chi connectivity index (χ1v) is 11.7. The molecule has 9 heteroatoms. The van der Waals surface area contributed by atoms with Crippen LogP contribution in [0, 0.1) is 0 Å². The van der Waals surface area contributed by atoms with Crippen molar-refractivity contribution in [3.05, 3.63) is 60.2 Å². The molecule has 0 unspecified atom stereocenters. The van der Waals surface area contributed by atoms with E-state index in [1.54, 1.807) is 38.1 Å². The number of hydrogen-bond acceptors (Lipinski definition) is 5. The molecule has 0 saturated heterocycles. The van der Waals surface area contributed by atoms with Gasteiger partial charge in [-0.3, -0.25) is 13.9 Å². The van der Waals surface area contributed by atoms with Crippen LogP contribution < -0.4 is 14.4 Å². The Kier molecular flexibility index (Phi) is 8.44. The predicted molar refractivity (Wildman–Crippen MR) is 120 cm³/mol. The molecule has 31 heavy (non-hydrogen) atoms. The molecule has 2 aromatic carbocycles. The number of ether oxygens (including phenoxy) is 1. The van der Waals surface area contributed by atoms with E-state index in [-0.39, 0.29) is 12.5 Å². The Balaban J connectivity index is 2.37. The van der Waals surface area contributed by atoms with Crippen molar-refractivity contribution >= 4 is 27.5 Å². The number of anilines is 1. The number of benzene rings is 2. The molecule has 0 aliphatic heterocycles. The van der Waals surface area contributed by atoms with E-state index in [9.17, 15) is 18.0 Å². The smallest absolute Gasteiger partial charge is 0.244 e. The predicted octanol–water partition coefficient (Wildman–Crippen LogP) is 2.01. The fraction of sp³-hybridized carbons (Fsp3) is 0.364. The third-order valence-corrected chi connectivity index (χ3v) is 5.88. The highest BCUT2D eigenvalue weighted by Gasteiger charge is 2.29. The van der Waals surface area contributed by atoms with E-state index in [2.05, 4.69) is 5.32 Å². The van der Waals surface area contributed by atoms with E-state index >= 15 is 0 Å². The second-order valence-electron chi connectivity index (χ2n) is 7.05. The van der Waals surface area contributed by atoms with Crippen LogP contribution in [0.25, 0.3) is 0 Å². The zero-order valence-electron chi connectivity index (χ0n) is 18.2. The third-order valence-electron chi connectivity index (χ3n) is 4.73. The highest BCUT2D eigenvalue weighted by atomic mass is 32.2. The number of likely N-dealkylation sites (N-methyl/N-ethyl adjacent to an activating group) is 1. The quantitative estimate of drug-likeness (QED) is 0.601. The van der Waals surface area contributed by atoms with E-state index in [1.165, 1.54) is 12.0 Å². The van der Waals surface area contributed by atoms with Gasteiger partial charge in [-0.15, -0.1) is 0 Å². The van der Waals surface area contributed by atoms with E-state index in [0.717, 1.165) is 16.1 Å². The Bertz CT molecular complexity index is 995. The summed E-state index contributed by atoms with van der Waals surface area (Å²) >= 11 is 0. The molecule has 2 aromatic rings. The summed E-state index contributed by atoms with van der Waals surface area (Å²) in [6.07, 6.45) is 1.04. The monoisotopic (exact) mass is 447 g/mol. The largest absolute Gasteiger partial charge is 0.497 e. The fourth-order valence-electron chi connectivity index (χ4n) is 3.06. The van der Waals surface area contributed by atoms with Gasteiger partial charge in [0.05, 0.1) is 19.1 Å². The molecular formula is C22H29N3O5S. The molecule has 0 aliphatic rings. The molecule has 0 aliphatic carbocycles. The normalized spacial score (nSPS) is 12.0. The molecule has 0 heterocycles. The minimum Gasteiger partial charge on any atom is -0.497 e. The number of carbonyl (C=O) groups is 2. The van der Waals surface area contributed by atoms with Crippen molar-refractivity contribution in [1.82, 2.24) is 10.2 Å². The molecule has 2 rings (SSSR count). The third kappa shape index (κ3) is 6.71. The summed E-state index contributed by atoms with van der Waals surface area (Å²) < 4.78 is 31.2. The van der Waals surface area contributed by atoms with Gasteiger partial charge in [0, 0.05) is 19.2 Å². The molecule has 1 N–H and O–H groups in total. The van der Waals surface area contributed by atoms with Gasteiger partial charge in [0.25, 0.3) is 0 Å². The summed E-state index contributed by atoms with van der Waals surface area (Å²) in [5.74, 6) is -0.328. The molecule has 1 atom stereocenters. The number of methoxy groups -OCH3 is 1. The van der Waals surface area contributed by atoms with Crippen LogP contribution >= 0.6 is 0 Å². The first-order valence-electron chi connectivity index (χ1n) is 9.90. The maximum atomic E-state index is 13.3. The Labute approximate surface area is 183 Å². The number of nitrogens with one attached hydrogen (secondary N) is 1. The van der Waals surface area contributed by atoms with Crippen LogP contribution in [0.2, 0.25) is 0 Å². The fourth-order valence-corrected chi connectivity index (χ4v) is 3.91. The zero-order chi connectivity index (χ0) is 23.0. The van der Waals surface area contributed by atoms with Crippen molar-refractivity contribution in [2.45, 2.75) is 26.4 Å². The number of carbonyl (C=O) groups excluding carboxylic acids is 2. The van der Waals surface area contributed by atoms with Crippen LogP contribution in [-0.4, -0.2) is 57.6 Å². The number of amides is 2. The van der Waals surface area contributed by atoms with E-state index in [0.29, 0.717) is 18.0 Å². The summed E-state index contributed by atoms with van der Waals surface area (Å²) in [6, 6.07) is 14.9. The number of rotatable bonds is 10. The summed E-state index contributed by atoms with van der Waals surface area (Å²) in [4.78, 5) is 27.1. The van der Waals surface area contributed by atoms with Crippen molar-refractivity contribution in [2.24, 2.45) is 0 Å². The summed E-state index contributed by atoms with van der Waals surface area (Å²) in [7, 11) is -2.29. The lowest BCUT2D eigenvalue weighted by Gasteiger charge is -2.31. The molecular weight excluding hydrogens is 418 g/mol. The van der Waals surface area contributed by atoms with Crippen LogP contribution in [0.15, 0.2) is 54.6 Å². The molecule has 8 nitrogen and oxygen atoms in total. The van der Waals surface area contributed by atoms with Gasteiger partial charge < -0.3 is 15.0 Å². The van der Waals surface area contributed by atoms with E-state index < -0.39 is 28.5 Å². The number of nitrogens with zero attached hydrogens (tertiary/aromatic N) is 2.